The van der Waals surface area contributed by atoms with Gasteiger partial charge < -0.3 is 16.2 Å². The maximum absolute atomic E-state index is 11.6. The highest BCUT2D eigenvalue weighted by Crippen LogP contribution is 2.25. The molecule has 1 aromatic heterocycles. The number of primary amides is 1. The monoisotopic (exact) mass is 279 g/mol. The molecule has 0 radical (unpaired) electrons. The number of aryl methyl sites for hydroxylation is 2. The second-order valence-electron chi connectivity index (χ2n) is 5.54. The van der Waals surface area contributed by atoms with E-state index in [2.05, 4.69) is 10.3 Å². The summed E-state index contributed by atoms with van der Waals surface area (Å²) < 4.78 is 0. The fraction of sp³-hybridized carbons (Fsp3) is 0.500. The van der Waals surface area contributed by atoms with Crippen molar-refractivity contribution in [1.29, 1.82) is 0 Å². The van der Waals surface area contributed by atoms with Gasteiger partial charge in [0.2, 0.25) is 0 Å². The van der Waals surface area contributed by atoms with Crippen LogP contribution in [0, 0.1) is 13.8 Å². The number of pyridine rings is 1. The summed E-state index contributed by atoms with van der Waals surface area (Å²) in [5, 5.41) is 12.0. The molecule has 0 bridgehead atoms. The van der Waals surface area contributed by atoms with Crippen molar-refractivity contribution < 1.29 is 14.7 Å². The van der Waals surface area contributed by atoms with Crippen LogP contribution in [0.25, 0.3) is 0 Å². The van der Waals surface area contributed by atoms with Crippen LogP contribution >= 0.6 is 0 Å². The Bertz CT molecular complexity index is 539. The number of hydrogen-bond donors (Lipinski definition) is 3. The van der Waals surface area contributed by atoms with Gasteiger partial charge in [0.15, 0.2) is 0 Å². The molecule has 0 spiro atoms. The number of nitrogens with one attached hydrogen (secondary N) is 1. The molecule has 0 atom stereocenters. The molecular weight excluding hydrogens is 258 g/mol. The summed E-state index contributed by atoms with van der Waals surface area (Å²) in [5.41, 5.74) is 7.20. The summed E-state index contributed by atoms with van der Waals surface area (Å²) in [5.74, 6) is -1.40. The smallest absolute Gasteiger partial charge is 0.303 e. The summed E-state index contributed by atoms with van der Waals surface area (Å²) in [6.07, 6.45) is 0.482. The van der Waals surface area contributed by atoms with Crippen LogP contribution in [-0.2, 0) is 4.79 Å². The molecule has 0 saturated carbocycles. The maximum atomic E-state index is 11.6. The molecule has 110 valence electrons. The van der Waals surface area contributed by atoms with Gasteiger partial charge in [-0.25, -0.2) is 0 Å². The zero-order valence-electron chi connectivity index (χ0n) is 12.3. The third kappa shape index (κ3) is 4.22. The van der Waals surface area contributed by atoms with E-state index in [1.54, 1.807) is 13.0 Å². The quantitative estimate of drug-likeness (QED) is 0.737. The third-order valence-corrected chi connectivity index (χ3v) is 3.01. The van der Waals surface area contributed by atoms with Crippen molar-refractivity contribution >= 4 is 17.6 Å². The van der Waals surface area contributed by atoms with Gasteiger partial charge in [0.25, 0.3) is 5.91 Å². The fourth-order valence-electron chi connectivity index (χ4n) is 2.08. The maximum Gasteiger partial charge on any atom is 0.303 e. The van der Waals surface area contributed by atoms with Gasteiger partial charge in [-0.05, 0) is 40.2 Å². The van der Waals surface area contributed by atoms with Gasteiger partial charge in [0.1, 0.15) is 0 Å². The van der Waals surface area contributed by atoms with Crippen molar-refractivity contribution in [3.63, 3.8) is 0 Å². The highest BCUT2D eigenvalue weighted by molar-refractivity contribution is 5.99. The number of aliphatic carboxylic acids is 1. The van der Waals surface area contributed by atoms with Gasteiger partial charge in [-0.2, -0.15) is 0 Å². The highest BCUT2D eigenvalue weighted by Gasteiger charge is 2.22. The van der Waals surface area contributed by atoms with Crippen LogP contribution in [0.3, 0.4) is 0 Å². The summed E-state index contributed by atoms with van der Waals surface area (Å²) >= 11 is 0. The van der Waals surface area contributed by atoms with E-state index in [1.807, 2.05) is 20.8 Å². The van der Waals surface area contributed by atoms with Gasteiger partial charge in [0.05, 0.1) is 16.9 Å². The van der Waals surface area contributed by atoms with Gasteiger partial charge in [0, 0.05) is 17.7 Å². The van der Waals surface area contributed by atoms with Crippen molar-refractivity contribution in [1.82, 2.24) is 4.98 Å². The SMILES string of the molecule is Cc1cc(NC(C)(C)CCC(=O)O)c(C(N)=O)c(C)n1. The topological polar surface area (TPSA) is 105 Å². The molecule has 1 aromatic rings. The number of rotatable bonds is 6. The van der Waals surface area contributed by atoms with E-state index in [0.29, 0.717) is 23.4 Å². The van der Waals surface area contributed by atoms with Gasteiger partial charge in [-0.3, -0.25) is 14.6 Å². The van der Waals surface area contributed by atoms with Gasteiger partial charge in [-0.15, -0.1) is 0 Å². The van der Waals surface area contributed by atoms with Crippen LogP contribution in [0.5, 0.6) is 0 Å². The average Bonchev–Trinajstić information content (AvgIpc) is 2.24. The lowest BCUT2D eigenvalue weighted by Crippen LogP contribution is -2.33. The van der Waals surface area contributed by atoms with Gasteiger partial charge in [-0.1, -0.05) is 0 Å². The lowest BCUT2D eigenvalue weighted by molar-refractivity contribution is -0.137. The summed E-state index contributed by atoms with van der Waals surface area (Å²) in [6.45, 7) is 7.31. The number of carboxylic acid groups (broad SMARTS) is 1. The predicted molar refractivity (Wildman–Crippen MR) is 76.8 cm³/mol. The van der Waals surface area contributed by atoms with Crippen molar-refractivity contribution in [3.8, 4) is 0 Å². The zero-order valence-corrected chi connectivity index (χ0v) is 12.3. The Labute approximate surface area is 118 Å². The van der Waals surface area contributed by atoms with E-state index in [4.69, 9.17) is 10.8 Å². The number of carbonyl (C=O) groups excluding carboxylic acids is 1. The van der Waals surface area contributed by atoms with Crippen molar-refractivity contribution in [2.75, 3.05) is 5.32 Å². The number of nitrogens with two attached hydrogens (primary N) is 1. The van der Waals surface area contributed by atoms with E-state index >= 15 is 0 Å². The molecule has 0 unspecified atom stereocenters. The lowest BCUT2D eigenvalue weighted by Gasteiger charge is -2.28. The van der Waals surface area contributed by atoms with E-state index in [-0.39, 0.29) is 6.42 Å². The first-order valence-corrected chi connectivity index (χ1v) is 6.40. The normalized spacial score (nSPS) is 11.2. The molecular formula is C14H21N3O3. The highest BCUT2D eigenvalue weighted by atomic mass is 16.4. The molecule has 6 heteroatoms. The first-order chi connectivity index (χ1) is 9.12. The van der Waals surface area contributed by atoms with E-state index < -0.39 is 17.4 Å². The minimum atomic E-state index is -0.850. The van der Waals surface area contributed by atoms with Gasteiger partial charge >= 0.3 is 5.97 Å². The Kier molecular flexibility index (Phi) is 4.70. The molecule has 0 aliphatic carbocycles. The first-order valence-electron chi connectivity index (χ1n) is 6.40. The molecule has 20 heavy (non-hydrogen) atoms. The van der Waals surface area contributed by atoms with Crippen LogP contribution < -0.4 is 11.1 Å². The molecule has 1 amide bonds. The second-order valence-corrected chi connectivity index (χ2v) is 5.54. The Hall–Kier alpha value is -2.11. The Balaban J connectivity index is 3.07. The van der Waals surface area contributed by atoms with Crippen LogP contribution in [0.1, 0.15) is 48.4 Å². The Morgan fingerprint density at radius 1 is 1.40 bits per heavy atom. The van der Waals surface area contributed by atoms with E-state index in [0.717, 1.165) is 5.69 Å². The number of amides is 1. The molecule has 6 nitrogen and oxygen atoms in total. The van der Waals surface area contributed by atoms with Crippen LogP contribution in [0.4, 0.5) is 5.69 Å². The molecule has 0 aliphatic rings. The molecule has 1 heterocycles. The van der Waals surface area contributed by atoms with Crippen LogP contribution in [-0.4, -0.2) is 27.5 Å². The van der Waals surface area contributed by atoms with Crippen LogP contribution in [0.15, 0.2) is 6.07 Å². The minimum Gasteiger partial charge on any atom is -0.481 e. The first kappa shape index (κ1) is 15.9. The largest absolute Gasteiger partial charge is 0.481 e. The molecule has 0 saturated heterocycles. The average molecular weight is 279 g/mol. The number of aromatic nitrogens is 1. The fourth-order valence-corrected chi connectivity index (χ4v) is 2.08. The summed E-state index contributed by atoms with van der Waals surface area (Å²) in [6, 6.07) is 1.75. The Morgan fingerprint density at radius 3 is 2.50 bits per heavy atom. The zero-order chi connectivity index (χ0) is 15.5. The number of anilines is 1. The second kappa shape index (κ2) is 5.90. The van der Waals surface area contributed by atoms with E-state index in [1.165, 1.54) is 0 Å². The minimum absolute atomic E-state index is 0.0505. The Morgan fingerprint density at radius 2 is 2.00 bits per heavy atom. The molecule has 0 fully saturated rings. The predicted octanol–water partition coefficient (Wildman–Crippen LogP) is 1.85. The standard InChI is InChI=1S/C14H21N3O3/c1-8-7-10(12(13(15)20)9(2)16-8)17-14(3,4)6-5-11(18)19/h7H,5-6H2,1-4H3,(H2,15,20)(H,16,17)(H,18,19). The van der Waals surface area contributed by atoms with Crippen LogP contribution in [0.2, 0.25) is 0 Å². The summed E-state index contributed by atoms with van der Waals surface area (Å²) in [4.78, 5) is 26.4. The number of carboxylic acids is 1. The van der Waals surface area contributed by atoms with E-state index in [9.17, 15) is 9.59 Å². The summed E-state index contributed by atoms with van der Waals surface area (Å²) in [7, 11) is 0. The molecule has 1 rings (SSSR count). The molecule has 4 N–H and O–H groups in total. The van der Waals surface area contributed by atoms with Crippen molar-refractivity contribution in [3.05, 3.63) is 23.0 Å². The lowest BCUT2D eigenvalue weighted by atomic mass is 9.97. The van der Waals surface area contributed by atoms with Crippen molar-refractivity contribution in [2.24, 2.45) is 5.73 Å². The molecule has 0 aliphatic heterocycles. The number of hydrogen-bond acceptors (Lipinski definition) is 4. The number of carbonyl (C=O) groups is 2. The molecule has 0 aromatic carbocycles. The number of nitrogens with zero attached hydrogens (tertiary/aromatic N) is 1. The third-order valence-electron chi connectivity index (χ3n) is 3.01. The van der Waals surface area contributed by atoms with Crippen molar-refractivity contribution in [2.45, 2.75) is 46.1 Å².